The van der Waals surface area contributed by atoms with Crippen LogP contribution in [-0.2, 0) is 14.4 Å². The van der Waals surface area contributed by atoms with E-state index >= 15 is 0 Å². The highest BCUT2D eigenvalue weighted by Gasteiger charge is 2.85. The minimum absolute atomic E-state index is 0.495. The third-order valence-electron chi connectivity index (χ3n) is 4.67. The molecule has 0 aliphatic heterocycles. The first-order valence-electron chi connectivity index (χ1n) is 9.58. The maximum atomic E-state index is 13.5. The topological polar surface area (TPSA) is 95.5 Å². The fourth-order valence-electron chi connectivity index (χ4n) is 2.33. The SMILES string of the molecule is O=C(O)C(CCCCNC(=O)C(F)(F)C(F)(F)C(F)(F)C(F)(F)F)NC(=O)C(F)(F)C(F)(F)C(F)(F)C(F)(F)F. The number of unbranched alkanes of at least 4 members (excludes halogenated alkanes) is 1. The second-order valence-corrected chi connectivity index (χ2v) is 7.56. The standard InChI is InChI=1S/C16H12F18N2O4/c17-9(18,11(21,22)13(25,26)15(29,30)31)7(39)35-4-2-1-3-5(6(37)38)36-8(40)10(19,20)12(23,24)14(27,28)16(32,33)34/h5H,1-4H2,(H,35,39)(H,36,40)(H,37,38). The summed E-state index contributed by atoms with van der Waals surface area (Å²) in [6, 6.07) is -2.80. The Morgan fingerprint density at radius 3 is 1.23 bits per heavy atom. The van der Waals surface area contributed by atoms with Gasteiger partial charge in [0.25, 0.3) is 11.8 Å². The molecule has 2 amide bonds. The van der Waals surface area contributed by atoms with Crippen LogP contribution in [0.3, 0.4) is 0 Å². The van der Waals surface area contributed by atoms with Crippen LogP contribution in [0.2, 0.25) is 0 Å². The van der Waals surface area contributed by atoms with Crippen LogP contribution in [0.25, 0.3) is 0 Å². The molecule has 3 N–H and O–H groups in total. The van der Waals surface area contributed by atoms with Gasteiger partial charge in [0, 0.05) is 6.54 Å². The Balaban J connectivity index is 5.33. The lowest BCUT2D eigenvalue weighted by Crippen LogP contribution is -2.66. The van der Waals surface area contributed by atoms with Gasteiger partial charge in [-0.15, -0.1) is 0 Å². The van der Waals surface area contributed by atoms with Gasteiger partial charge < -0.3 is 15.7 Å². The summed E-state index contributed by atoms with van der Waals surface area (Å²) in [5.74, 6) is -52.8. The lowest BCUT2D eigenvalue weighted by Gasteiger charge is -2.33. The van der Waals surface area contributed by atoms with Gasteiger partial charge in [-0.3, -0.25) is 9.59 Å². The van der Waals surface area contributed by atoms with E-state index in [2.05, 4.69) is 0 Å². The first-order valence-corrected chi connectivity index (χ1v) is 9.58. The van der Waals surface area contributed by atoms with Gasteiger partial charge in [-0.1, -0.05) is 0 Å². The number of hydrogen-bond donors (Lipinski definition) is 3. The van der Waals surface area contributed by atoms with Gasteiger partial charge in [-0.2, -0.15) is 79.0 Å². The highest BCUT2D eigenvalue weighted by atomic mass is 19.4. The molecule has 0 fully saturated rings. The fourth-order valence-corrected chi connectivity index (χ4v) is 2.33. The Hall–Kier alpha value is -2.85. The summed E-state index contributed by atoms with van der Waals surface area (Å²) in [6.07, 6.45) is -17.8. The Bertz CT molecular complexity index is 943. The van der Waals surface area contributed by atoms with E-state index < -0.39 is 97.5 Å². The van der Waals surface area contributed by atoms with Gasteiger partial charge >= 0.3 is 53.9 Å². The zero-order valence-electron chi connectivity index (χ0n) is 18.4. The second-order valence-electron chi connectivity index (χ2n) is 7.56. The van der Waals surface area contributed by atoms with Gasteiger partial charge in [-0.25, -0.2) is 4.79 Å². The van der Waals surface area contributed by atoms with Crippen LogP contribution in [-0.4, -0.2) is 83.4 Å². The molecular formula is C16H12F18N2O4. The van der Waals surface area contributed by atoms with E-state index in [0.29, 0.717) is 5.32 Å². The van der Waals surface area contributed by atoms with Gasteiger partial charge in [0.15, 0.2) is 0 Å². The number of alkyl halides is 18. The van der Waals surface area contributed by atoms with Crippen molar-refractivity contribution >= 4 is 17.8 Å². The average molecular weight is 638 g/mol. The smallest absolute Gasteiger partial charge is 0.460 e. The van der Waals surface area contributed by atoms with Gasteiger partial charge in [0.05, 0.1) is 0 Å². The maximum Gasteiger partial charge on any atom is 0.460 e. The molecule has 236 valence electrons. The highest BCUT2D eigenvalue weighted by molar-refractivity contribution is 5.89. The normalized spacial score (nSPS) is 15.4. The van der Waals surface area contributed by atoms with Crippen LogP contribution in [0.1, 0.15) is 19.3 Å². The largest absolute Gasteiger partial charge is 0.480 e. The van der Waals surface area contributed by atoms with Gasteiger partial charge in [0.2, 0.25) is 0 Å². The van der Waals surface area contributed by atoms with E-state index in [-0.39, 0.29) is 0 Å². The molecule has 0 saturated heterocycles. The summed E-state index contributed by atoms with van der Waals surface area (Å²) < 4.78 is 230. The lowest BCUT2D eigenvalue weighted by molar-refractivity contribution is -0.388. The molecule has 0 heterocycles. The molecule has 0 saturated carbocycles. The third-order valence-corrected chi connectivity index (χ3v) is 4.67. The van der Waals surface area contributed by atoms with Crippen LogP contribution in [0.4, 0.5) is 79.0 Å². The molecule has 0 spiro atoms. The predicted molar refractivity (Wildman–Crippen MR) is 88.2 cm³/mol. The number of carbonyl (C=O) groups excluding carboxylic acids is 2. The molecule has 0 radical (unpaired) electrons. The number of aliphatic carboxylic acids is 1. The lowest BCUT2D eigenvalue weighted by atomic mass is 10.0. The van der Waals surface area contributed by atoms with E-state index in [9.17, 15) is 93.4 Å². The number of carboxylic acid groups (broad SMARTS) is 1. The third kappa shape index (κ3) is 6.54. The van der Waals surface area contributed by atoms with Crippen molar-refractivity contribution in [3.63, 3.8) is 0 Å². The molecule has 1 unspecified atom stereocenters. The van der Waals surface area contributed by atoms with E-state index in [0.717, 1.165) is 5.32 Å². The number of hydrogen-bond acceptors (Lipinski definition) is 3. The number of amides is 2. The molecule has 0 aromatic heterocycles. The van der Waals surface area contributed by atoms with Crippen molar-refractivity contribution in [3.05, 3.63) is 0 Å². The fraction of sp³-hybridized carbons (Fsp3) is 0.812. The number of halogens is 18. The van der Waals surface area contributed by atoms with Gasteiger partial charge in [0.1, 0.15) is 6.04 Å². The molecule has 1 atom stereocenters. The molecule has 40 heavy (non-hydrogen) atoms. The van der Waals surface area contributed by atoms with Crippen LogP contribution in [0, 0.1) is 0 Å². The van der Waals surface area contributed by atoms with Crippen LogP contribution in [0.15, 0.2) is 0 Å². The zero-order chi connectivity index (χ0) is 32.6. The Morgan fingerprint density at radius 1 is 0.550 bits per heavy atom. The molecular weight excluding hydrogens is 626 g/mol. The molecule has 0 aliphatic rings. The molecule has 0 aromatic rings. The summed E-state index contributed by atoms with van der Waals surface area (Å²) in [5.41, 5.74) is 0. The van der Waals surface area contributed by atoms with Crippen LogP contribution in [0.5, 0.6) is 0 Å². The van der Waals surface area contributed by atoms with Crippen molar-refractivity contribution in [2.24, 2.45) is 0 Å². The monoisotopic (exact) mass is 638 g/mol. The quantitative estimate of drug-likeness (QED) is 0.200. The average Bonchev–Trinajstić information content (AvgIpc) is 2.75. The highest BCUT2D eigenvalue weighted by Crippen LogP contribution is 2.54. The molecule has 0 aromatic carbocycles. The Kier molecular flexibility index (Phi) is 10.4. The van der Waals surface area contributed by atoms with E-state index in [1.54, 1.807) is 0 Å². The Morgan fingerprint density at radius 2 is 0.900 bits per heavy atom. The Labute approximate surface area is 208 Å². The zero-order valence-corrected chi connectivity index (χ0v) is 18.4. The van der Waals surface area contributed by atoms with E-state index in [1.165, 1.54) is 0 Å². The van der Waals surface area contributed by atoms with Crippen LogP contribution >= 0.6 is 0 Å². The maximum absolute atomic E-state index is 13.5. The van der Waals surface area contributed by atoms with Crippen molar-refractivity contribution in [2.45, 2.75) is 73.2 Å². The second kappa shape index (κ2) is 11.2. The molecule has 6 nitrogen and oxygen atoms in total. The summed E-state index contributed by atoms with van der Waals surface area (Å²) in [6.45, 7) is -1.37. The first kappa shape index (κ1) is 37.1. The van der Waals surface area contributed by atoms with Crippen molar-refractivity contribution in [1.82, 2.24) is 10.6 Å². The summed E-state index contributed by atoms with van der Waals surface area (Å²) in [4.78, 5) is 33.3. The van der Waals surface area contributed by atoms with Crippen molar-refractivity contribution in [3.8, 4) is 0 Å². The van der Waals surface area contributed by atoms with Crippen molar-refractivity contribution < 1.29 is 98.5 Å². The molecule has 24 heteroatoms. The number of carboxylic acids is 1. The predicted octanol–water partition coefficient (Wildman–Crippen LogP) is 4.78. The summed E-state index contributed by atoms with van der Waals surface area (Å²) >= 11 is 0. The minimum atomic E-state index is -7.51. The molecule has 0 rings (SSSR count). The molecule has 0 bridgehead atoms. The summed E-state index contributed by atoms with van der Waals surface area (Å²) in [5, 5.41) is 10.0. The number of carbonyl (C=O) groups is 3. The molecule has 0 aliphatic carbocycles. The van der Waals surface area contributed by atoms with Crippen molar-refractivity contribution in [1.29, 1.82) is 0 Å². The van der Waals surface area contributed by atoms with Crippen molar-refractivity contribution in [2.75, 3.05) is 6.54 Å². The first-order chi connectivity index (χ1) is 17.4. The minimum Gasteiger partial charge on any atom is -0.480 e. The summed E-state index contributed by atoms with van der Waals surface area (Å²) in [7, 11) is 0. The van der Waals surface area contributed by atoms with E-state index in [1.807, 2.05) is 0 Å². The van der Waals surface area contributed by atoms with Crippen LogP contribution < -0.4 is 10.6 Å². The van der Waals surface area contributed by atoms with Gasteiger partial charge in [-0.05, 0) is 19.3 Å². The van der Waals surface area contributed by atoms with E-state index in [4.69, 9.17) is 5.11 Å². The number of nitrogens with one attached hydrogen (secondary N) is 2. The number of rotatable bonds is 13.